The second-order valence-electron chi connectivity index (χ2n) is 9.00. The Morgan fingerprint density at radius 2 is 1.77 bits per heavy atom. The number of benzene rings is 3. The van der Waals surface area contributed by atoms with Gasteiger partial charge in [0.05, 0.1) is 18.7 Å². The number of anilines is 2. The van der Waals surface area contributed by atoms with Gasteiger partial charge >= 0.3 is 5.97 Å². The van der Waals surface area contributed by atoms with Crippen molar-refractivity contribution in [3.8, 4) is 11.5 Å². The molecule has 0 aliphatic carbocycles. The summed E-state index contributed by atoms with van der Waals surface area (Å²) in [5.74, 6) is 0.372. The van der Waals surface area contributed by atoms with Gasteiger partial charge in [0.2, 0.25) is 0 Å². The number of carboxylic acid groups (broad SMARTS) is 1. The number of fused-ring (bicyclic) bond motifs is 1. The molecule has 4 rings (SSSR count). The average Bonchev–Trinajstić information content (AvgIpc) is 2.79. The first-order valence-corrected chi connectivity index (χ1v) is 11.5. The van der Waals surface area contributed by atoms with Gasteiger partial charge in [0.15, 0.2) is 0 Å². The smallest absolute Gasteiger partial charge is 0.307 e. The molecule has 182 valence electrons. The van der Waals surface area contributed by atoms with Crippen molar-refractivity contribution in [3.63, 3.8) is 0 Å². The number of aliphatic carboxylic acids is 1. The van der Waals surface area contributed by atoms with Gasteiger partial charge in [0.25, 0.3) is 5.91 Å². The third-order valence-corrected chi connectivity index (χ3v) is 6.17. The van der Waals surface area contributed by atoms with Crippen LogP contribution in [0.4, 0.5) is 11.4 Å². The molecule has 1 aliphatic rings. The van der Waals surface area contributed by atoms with E-state index in [1.165, 1.54) is 0 Å². The van der Waals surface area contributed by atoms with Crippen LogP contribution >= 0.6 is 0 Å². The summed E-state index contributed by atoms with van der Waals surface area (Å²) in [5.41, 5.74) is 5.33. The van der Waals surface area contributed by atoms with Gasteiger partial charge in [0.1, 0.15) is 24.2 Å². The van der Waals surface area contributed by atoms with Crippen LogP contribution in [-0.4, -0.2) is 43.3 Å². The van der Waals surface area contributed by atoms with E-state index in [1.54, 1.807) is 12.1 Å². The van der Waals surface area contributed by atoms with Gasteiger partial charge < -0.3 is 24.8 Å². The molecule has 0 spiro atoms. The highest BCUT2D eigenvalue weighted by molar-refractivity contribution is 6.06. The van der Waals surface area contributed by atoms with Crippen LogP contribution in [0.2, 0.25) is 0 Å². The molecule has 0 aromatic heterocycles. The predicted octanol–water partition coefficient (Wildman–Crippen LogP) is 4.77. The first-order chi connectivity index (χ1) is 16.7. The van der Waals surface area contributed by atoms with Crippen molar-refractivity contribution in [3.05, 3.63) is 82.4 Å². The van der Waals surface area contributed by atoms with Crippen LogP contribution in [0.15, 0.2) is 54.6 Å². The summed E-state index contributed by atoms with van der Waals surface area (Å²) in [6.45, 7) is 6.71. The Labute approximate surface area is 205 Å². The molecule has 1 atom stereocenters. The van der Waals surface area contributed by atoms with Crippen molar-refractivity contribution in [2.45, 2.75) is 33.3 Å². The summed E-state index contributed by atoms with van der Waals surface area (Å²) >= 11 is 0. The minimum absolute atomic E-state index is 0.0915. The Morgan fingerprint density at radius 3 is 2.49 bits per heavy atom. The lowest BCUT2D eigenvalue weighted by Gasteiger charge is -2.33. The summed E-state index contributed by atoms with van der Waals surface area (Å²) in [4.78, 5) is 26.3. The molecular formula is C28H30N2O5. The van der Waals surface area contributed by atoms with Gasteiger partial charge in [-0.05, 0) is 79.4 Å². The number of para-hydroxylation sites is 2. The number of carboxylic acids is 1. The third-order valence-electron chi connectivity index (χ3n) is 6.17. The highest BCUT2D eigenvalue weighted by Crippen LogP contribution is 2.32. The molecule has 3 aromatic carbocycles. The van der Waals surface area contributed by atoms with E-state index < -0.39 is 5.97 Å². The maximum atomic E-state index is 13.0. The Morgan fingerprint density at radius 1 is 1.06 bits per heavy atom. The third kappa shape index (κ3) is 5.57. The Bertz CT molecular complexity index is 1250. The van der Waals surface area contributed by atoms with Gasteiger partial charge in [0, 0.05) is 18.3 Å². The topological polar surface area (TPSA) is 88.1 Å². The number of carbonyl (C=O) groups is 2. The van der Waals surface area contributed by atoms with Gasteiger partial charge in [-0.3, -0.25) is 9.59 Å². The molecule has 7 heteroatoms. The van der Waals surface area contributed by atoms with Crippen molar-refractivity contribution in [1.29, 1.82) is 0 Å². The zero-order valence-electron chi connectivity index (χ0n) is 20.4. The van der Waals surface area contributed by atoms with Crippen LogP contribution in [-0.2, 0) is 11.2 Å². The summed E-state index contributed by atoms with van der Waals surface area (Å²) in [5, 5.41) is 12.0. The molecule has 0 fully saturated rings. The highest BCUT2D eigenvalue weighted by atomic mass is 16.5. The molecule has 1 aliphatic heterocycles. The number of carbonyl (C=O) groups excluding carboxylic acids is 1. The SMILES string of the molecule is Cc1ccc(NC(=O)c2c(C)cc(OC[C@@H]3CN(C)c4ccccc4O3)cc2C)cc1CC(=O)O. The molecule has 0 radical (unpaired) electrons. The number of rotatable bonds is 7. The lowest BCUT2D eigenvalue weighted by molar-refractivity contribution is -0.136. The Balaban J connectivity index is 1.43. The largest absolute Gasteiger partial charge is 0.490 e. The van der Waals surface area contributed by atoms with Crippen LogP contribution in [0, 0.1) is 20.8 Å². The maximum absolute atomic E-state index is 13.0. The molecule has 0 bridgehead atoms. The van der Waals surface area contributed by atoms with E-state index in [1.807, 2.05) is 70.3 Å². The first-order valence-electron chi connectivity index (χ1n) is 11.5. The molecular weight excluding hydrogens is 444 g/mol. The number of nitrogens with zero attached hydrogens (tertiary/aromatic N) is 1. The monoisotopic (exact) mass is 474 g/mol. The summed E-state index contributed by atoms with van der Waals surface area (Å²) in [6.07, 6.45) is -0.203. The molecule has 2 N–H and O–H groups in total. The first kappa shape index (κ1) is 24.1. The quantitative estimate of drug-likeness (QED) is 0.513. The second kappa shape index (κ2) is 10.1. The van der Waals surface area contributed by atoms with Crippen molar-refractivity contribution in [2.75, 3.05) is 30.4 Å². The number of hydrogen-bond acceptors (Lipinski definition) is 5. The summed E-state index contributed by atoms with van der Waals surface area (Å²) in [6, 6.07) is 16.9. The summed E-state index contributed by atoms with van der Waals surface area (Å²) in [7, 11) is 2.04. The fraction of sp³-hybridized carbons (Fsp3) is 0.286. The number of aryl methyl sites for hydroxylation is 3. The lowest BCUT2D eigenvalue weighted by Crippen LogP contribution is -2.41. The van der Waals surface area contributed by atoms with Gasteiger partial charge in [-0.1, -0.05) is 18.2 Å². The molecule has 35 heavy (non-hydrogen) atoms. The standard InChI is InChI=1S/C28H30N2O5/c1-17-9-10-21(13-20(17)14-26(31)32)29-28(33)27-18(2)11-22(12-19(27)3)34-16-23-15-30(4)24-7-5-6-8-25(24)35-23/h5-13,23H,14-16H2,1-4H3,(H,29,33)(H,31,32)/t23-/m0/s1. The van der Waals surface area contributed by atoms with Crippen LogP contribution < -0.4 is 19.7 Å². The van der Waals surface area contributed by atoms with Crippen molar-refractivity contribution in [2.24, 2.45) is 0 Å². The van der Waals surface area contributed by atoms with Gasteiger partial charge in [-0.25, -0.2) is 0 Å². The van der Waals surface area contributed by atoms with E-state index in [0.29, 0.717) is 29.2 Å². The predicted molar refractivity (Wildman–Crippen MR) is 136 cm³/mol. The van der Waals surface area contributed by atoms with E-state index in [-0.39, 0.29) is 18.4 Å². The minimum atomic E-state index is -0.909. The number of hydrogen-bond donors (Lipinski definition) is 2. The zero-order valence-corrected chi connectivity index (χ0v) is 20.4. The van der Waals surface area contributed by atoms with E-state index in [9.17, 15) is 9.59 Å². The molecule has 0 unspecified atom stereocenters. The molecule has 0 saturated carbocycles. The molecule has 1 amide bonds. The Hall–Kier alpha value is -4.00. The molecule has 0 saturated heterocycles. The Kier molecular flexibility index (Phi) is 6.96. The van der Waals surface area contributed by atoms with Gasteiger partial charge in [-0.2, -0.15) is 0 Å². The van der Waals surface area contributed by atoms with E-state index in [0.717, 1.165) is 34.7 Å². The minimum Gasteiger partial charge on any atom is -0.490 e. The molecule has 7 nitrogen and oxygen atoms in total. The van der Waals surface area contributed by atoms with Crippen LogP contribution in [0.25, 0.3) is 0 Å². The van der Waals surface area contributed by atoms with Crippen LogP contribution in [0.1, 0.15) is 32.6 Å². The van der Waals surface area contributed by atoms with Crippen LogP contribution in [0.3, 0.4) is 0 Å². The highest BCUT2D eigenvalue weighted by Gasteiger charge is 2.24. The van der Waals surface area contributed by atoms with E-state index in [2.05, 4.69) is 10.2 Å². The maximum Gasteiger partial charge on any atom is 0.307 e. The summed E-state index contributed by atoms with van der Waals surface area (Å²) < 4.78 is 12.1. The van der Waals surface area contributed by atoms with Crippen molar-refractivity contribution >= 4 is 23.3 Å². The fourth-order valence-electron chi connectivity index (χ4n) is 4.43. The average molecular weight is 475 g/mol. The number of nitrogens with one attached hydrogen (secondary N) is 1. The van der Waals surface area contributed by atoms with Crippen molar-refractivity contribution < 1.29 is 24.2 Å². The van der Waals surface area contributed by atoms with E-state index in [4.69, 9.17) is 14.6 Å². The second-order valence-corrected chi connectivity index (χ2v) is 9.00. The fourth-order valence-corrected chi connectivity index (χ4v) is 4.43. The molecule has 3 aromatic rings. The number of amides is 1. The zero-order chi connectivity index (χ0) is 25.1. The number of likely N-dealkylation sites (N-methyl/N-ethyl adjacent to an activating group) is 1. The number of ether oxygens (including phenoxy) is 2. The normalized spacial score (nSPS) is 14.6. The van der Waals surface area contributed by atoms with Gasteiger partial charge in [-0.15, -0.1) is 0 Å². The molecule has 1 heterocycles. The van der Waals surface area contributed by atoms with E-state index >= 15 is 0 Å². The lowest BCUT2D eigenvalue weighted by atomic mass is 10.0. The van der Waals surface area contributed by atoms with Crippen molar-refractivity contribution in [1.82, 2.24) is 0 Å². The van der Waals surface area contributed by atoms with Crippen LogP contribution in [0.5, 0.6) is 11.5 Å².